The Morgan fingerprint density at radius 2 is 2.60 bits per heavy atom. The number of hydrogen-bond donors (Lipinski definition) is 2. The number of carbonyl (C=O) groups excluding carboxylic acids is 1. The summed E-state index contributed by atoms with van der Waals surface area (Å²) in [5, 5.41) is 3.17. The summed E-state index contributed by atoms with van der Waals surface area (Å²) in [4.78, 5) is 16.0. The highest BCUT2D eigenvalue weighted by Crippen LogP contribution is 2.08. The zero-order valence-electron chi connectivity index (χ0n) is 8.65. The zero-order chi connectivity index (χ0) is 10.7. The van der Waals surface area contributed by atoms with Crippen LogP contribution in [-0.4, -0.2) is 34.6 Å². The molecule has 1 saturated heterocycles. The van der Waals surface area contributed by atoms with Crippen molar-refractivity contribution in [3.05, 3.63) is 18.2 Å². The van der Waals surface area contributed by atoms with E-state index in [0.717, 1.165) is 31.5 Å². The van der Waals surface area contributed by atoms with Crippen molar-refractivity contribution < 1.29 is 4.79 Å². The smallest absolute Gasteiger partial charge is 0.248 e. The van der Waals surface area contributed by atoms with Crippen molar-refractivity contribution in [1.29, 1.82) is 0 Å². The molecule has 1 fully saturated rings. The highest BCUT2D eigenvalue weighted by molar-refractivity contribution is 5.84. The van der Waals surface area contributed by atoms with Crippen LogP contribution < -0.4 is 11.1 Å². The van der Waals surface area contributed by atoms with Gasteiger partial charge in [-0.3, -0.25) is 9.36 Å². The first-order chi connectivity index (χ1) is 7.31. The second-order valence-electron chi connectivity index (χ2n) is 3.80. The van der Waals surface area contributed by atoms with Gasteiger partial charge in [0.15, 0.2) is 0 Å². The van der Waals surface area contributed by atoms with Gasteiger partial charge >= 0.3 is 0 Å². The number of aromatic nitrogens is 2. The van der Waals surface area contributed by atoms with Crippen LogP contribution in [0.5, 0.6) is 0 Å². The molecule has 1 aliphatic heterocycles. The van der Waals surface area contributed by atoms with Crippen LogP contribution in [0.15, 0.2) is 12.5 Å². The van der Waals surface area contributed by atoms with Crippen LogP contribution in [0.4, 0.5) is 0 Å². The van der Waals surface area contributed by atoms with Crippen molar-refractivity contribution in [2.45, 2.75) is 25.3 Å². The third-order valence-corrected chi connectivity index (χ3v) is 2.65. The van der Waals surface area contributed by atoms with Gasteiger partial charge in [-0.05, 0) is 25.9 Å². The van der Waals surface area contributed by atoms with Gasteiger partial charge in [0.1, 0.15) is 6.33 Å². The molecule has 1 aliphatic rings. The average Bonchev–Trinajstić information content (AvgIpc) is 2.87. The first kappa shape index (κ1) is 10.3. The van der Waals surface area contributed by atoms with Gasteiger partial charge in [-0.25, -0.2) is 4.98 Å². The normalized spacial score (nSPS) is 20.7. The quantitative estimate of drug-likeness (QED) is 0.720. The van der Waals surface area contributed by atoms with E-state index in [2.05, 4.69) is 10.3 Å². The third-order valence-electron chi connectivity index (χ3n) is 2.65. The summed E-state index contributed by atoms with van der Waals surface area (Å²) in [5.74, 6) is 0.0864. The van der Waals surface area contributed by atoms with Gasteiger partial charge in [0.05, 0.1) is 11.7 Å². The second kappa shape index (κ2) is 4.55. The van der Waals surface area contributed by atoms with Crippen molar-refractivity contribution in [3.63, 3.8) is 0 Å². The van der Waals surface area contributed by atoms with Crippen molar-refractivity contribution in [2.24, 2.45) is 5.73 Å². The molecule has 0 unspecified atom stereocenters. The van der Waals surface area contributed by atoms with E-state index in [4.69, 9.17) is 5.73 Å². The van der Waals surface area contributed by atoms with Crippen LogP contribution >= 0.6 is 0 Å². The maximum absolute atomic E-state index is 11.9. The minimum absolute atomic E-state index is 0.0371. The molecule has 2 heterocycles. The van der Waals surface area contributed by atoms with Gasteiger partial charge in [0.2, 0.25) is 5.91 Å². The molecule has 0 saturated carbocycles. The Morgan fingerprint density at radius 3 is 3.27 bits per heavy atom. The molecule has 0 aromatic carbocycles. The number of carbonyl (C=O) groups is 1. The topological polar surface area (TPSA) is 72.9 Å². The van der Waals surface area contributed by atoms with Crippen molar-refractivity contribution in [2.75, 3.05) is 13.1 Å². The van der Waals surface area contributed by atoms with E-state index in [1.54, 1.807) is 17.1 Å². The van der Waals surface area contributed by atoms with E-state index in [9.17, 15) is 4.79 Å². The number of nitrogens with zero attached hydrogens (tertiary/aromatic N) is 2. The molecule has 1 aromatic heterocycles. The van der Waals surface area contributed by atoms with Gasteiger partial charge in [-0.15, -0.1) is 0 Å². The van der Waals surface area contributed by atoms with Gasteiger partial charge in [0, 0.05) is 12.6 Å². The molecule has 82 valence electrons. The molecule has 0 amide bonds. The maximum Gasteiger partial charge on any atom is 0.248 e. The summed E-state index contributed by atoms with van der Waals surface area (Å²) in [6, 6.07) is -0.0371. The molecule has 0 bridgehead atoms. The lowest BCUT2D eigenvalue weighted by Gasteiger charge is -2.08. The lowest BCUT2D eigenvalue weighted by Crippen LogP contribution is -2.34. The number of nitrogens with two attached hydrogens (primary N) is 1. The Hall–Kier alpha value is -1.20. The molecule has 1 atom stereocenters. The highest BCUT2D eigenvalue weighted by atomic mass is 16.2. The van der Waals surface area contributed by atoms with Gasteiger partial charge in [0.25, 0.3) is 0 Å². The summed E-state index contributed by atoms with van der Waals surface area (Å²) in [5.41, 5.74) is 6.30. The molecule has 1 aromatic rings. The Balaban J connectivity index is 2.04. The van der Waals surface area contributed by atoms with E-state index in [0.29, 0.717) is 6.54 Å². The number of nitrogens with one attached hydrogen (secondary N) is 1. The monoisotopic (exact) mass is 208 g/mol. The van der Waals surface area contributed by atoms with Crippen LogP contribution in [0.1, 0.15) is 23.3 Å². The fourth-order valence-corrected chi connectivity index (χ4v) is 1.84. The van der Waals surface area contributed by atoms with Crippen LogP contribution in [0.25, 0.3) is 0 Å². The first-order valence-electron chi connectivity index (χ1n) is 5.32. The van der Waals surface area contributed by atoms with Crippen LogP contribution in [0.3, 0.4) is 0 Å². The Labute approximate surface area is 88.7 Å². The van der Waals surface area contributed by atoms with E-state index < -0.39 is 0 Å². The van der Waals surface area contributed by atoms with E-state index >= 15 is 0 Å². The summed E-state index contributed by atoms with van der Waals surface area (Å²) in [7, 11) is 0. The summed E-state index contributed by atoms with van der Waals surface area (Å²) in [6.07, 6.45) is 6.06. The first-order valence-corrected chi connectivity index (χ1v) is 5.32. The van der Waals surface area contributed by atoms with Crippen LogP contribution in [-0.2, 0) is 6.42 Å². The molecule has 0 radical (unpaired) electrons. The Kier molecular flexibility index (Phi) is 3.13. The fraction of sp³-hybridized carbons (Fsp3) is 0.600. The summed E-state index contributed by atoms with van der Waals surface area (Å²) in [6.45, 7) is 1.49. The molecule has 5 heteroatoms. The number of hydrogen-bond acceptors (Lipinski definition) is 4. The van der Waals surface area contributed by atoms with Crippen molar-refractivity contribution in [3.8, 4) is 0 Å². The Bertz CT molecular complexity index is 341. The third kappa shape index (κ3) is 2.24. The van der Waals surface area contributed by atoms with E-state index in [1.807, 2.05) is 0 Å². The maximum atomic E-state index is 11.9. The molecule has 15 heavy (non-hydrogen) atoms. The lowest BCUT2D eigenvalue weighted by atomic mass is 10.2. The molecular weight excluding hydrogens is 192 g/mol. The van der Waals surface area contributed by atoms with Gasteiger partial charge in [-0.2, -0.15) is 0 Å². The van der Waals surface area contributed by atoms with Crippen LogP contribution in [0, 0.1) is 0 Å². The largest absolute Gasteiger partial charge is 0.330 e. The predicted octanol–water partition coefficient (Wildman–Crippen LogP) is -0.224. The predicted molar refractivity (Wildman–Crippen MR) is 56.6 cm³/mol. The lowest BCUT2D eigenvalue weighted by molar-refractivity contribution is 0.0869. The minimum Gasteiger partial charge on any atom is -0.330 e. The highest BCUT2D eigenvalue weighted by Gasteiger charge is 2.23. The van der Waals surface area contributed by atoms with Gasteiger partial charge in [-0.1, -0.05) is 0 Å². The Morgan fingerprint density at radius 1 is 1.73 bits per heavy atom. The zero-order valence-corrected chi connectivity index (χ0v) is 8.65. The SMILES string of the molecule is NCCc1cn(C(=O)[C@@H]2CCCN2)cn1. The number of imidazole rings is 1. The van der Waals surface area contributed by atoms with Crippen molar-refractivity contribution >= 4 is 5.91 Å². The standard InChI is InChI=1S/C10H16N4O/c11-4-3-8-6-14(7-13-8)10(15)9-2-1-5-12-9/h6-7,9,12H,1-5,11H2/t9-/m0/s1. The molecular formula is C10H16N4O. The molecule has 3 N–H and O–H groups in total. The second-order valence-corrected chi connectivity index (χ2v) is 3.80. The molecule has 0 aliphatic carbocycles. The summed E-state index contributed by atoms with van der Waals surface area (Å²) < 4.78 is 1.56. The molecule has 2 rings (SSSR count). The van der Waals surface area contributed by atoms with Crippen LogP contribution in [0.2, 0.25) is 0 Å². The van der Waals surface area contributed by atoms with E-state index in [-0.39, 0.29) is 11.9 Å². The van der Waals surface area contributed by atoms with Crippen molar-refractivity contribution in [1.82, 2.24) is 14.9 Å². The number of rotatable bonds is 3. The molecule has 5 nitrogen and oxygen atoms in total. The minimum atomic E-state index is -0.0371. The molecule has 0 spiro atoms. The van der Waals surface area contributed by atoms with E-state index in [1.165, 1.54) is 0 Å². The van der Waals surface area contributed by atoms with Gasteiger partial charge < -0.3 is 11.1 Å². The average molecular weight is 208 g/mol. The summed E-state index contributed by atoms with van der Waals surface area (Å²) >= 11 is 0. The fourth-order valence-electron chi connectivity index (χ4n) is 1.84.